The maximum atomic E-state index is 12.5. The van der Waals surface area contributed by atoms with Gasteiger partial charge in [-0.05, 0) is 29.7 Å². The summed E-state index contributed by atoms with van der Waals surface area (Å²) in [6, 6.07) is 17.0. The van der Waals surface area contributed by atoms with Gasteiger partial charge < -0.3 is 15.0 Å². The van der Waals surface area contributed by atoms with Crippen LogP contribution in [0.5, 0.6) is 0 Å². The minimum absolute atomic E-state index is 0.127. The zero-order valence-corrected chi connectivity index (χ0v) is 17.0. The molecule has 2 heterocycles. The molecule has 0 aliphatic carbocycles. The number of carbonyl (C=O) groups is 2. The molecule has 4 rings (SSSR count). The van der Waals surface area contributed by atoms with Gasteiger partial charge in [-0.2, -0.15) is 0 Å². The second kappa shape index (κ2) is 9.00. The number of aliphatic imine (C=N–C) groups is 1. The Balaban J connectivity index is 1.33. The van der Waals surface area contributed by atoms with Crippen molar-refractivity contribution in [2.45, 2.75) is 13.0 Å². The Morgan fingerprint density at radius 1 is 1.10 bits per heavy atom. The van der Waals surface area contributed by atoms with Crippen molar-refractivity contribution in [2.24, 2.45) is 4.99 Å². The second-order valence-corrected chi connectivity index (χ2v) is 7.45. The van der Waals surface area contributed by atoms with Crippen LogP contribution in [0.4, 0.5) is 4.79 Å². The number of hydrogen-bond acceptors (Lipinski definition) is 4. The Morgan fingerprint density at radius 2 is 1.90 bits per heavy atom. The summed E-state index contributed by atoms with van der Waals surface area (Å²) in [6.07, 6.45) is 2.31. The summed E-state index contributed by atoms with van der Waals surface area (Å²) in [5.41, 5.74) is 2.07. The number of halogens is 1. The number of benzene rings is 2. The molecule has 0 radical (unpaired) electrons. The average Bonchev–Trinajstić information content (AvgIpc) is 3.08. The van der Waals surface area contributed by atoms with E-state index in [0.717, 1.165) is 17.5 Å². The molecule has 0 aromatic heterocycles. The molecule has 30 heavy (non-hydrogen) atoms. The van der Waals surface area contributed by atoms with Gasteiger partial charge in [-0.25, -0.2) is 4.79 Å². The average molecular weight is 425 g/mol. The molecule has 0 atom stereocenters. The number of carbonyl (C=O) groups excluding carboxylic acids is 2. The Hall–Kier alpha value is -3.32. The van der Waals surface area contributed by atoms with Crippen LogP contribution in [-0.4, -0.2) is 47.4 Å². The van der Waals surface area contributed by atoms with Crippen molar-refractivity contribution in [1.82, 2.24) is 15.1 Å². The molecular weight excluding hydrogens is 404 g/mol. The van der Waals surface area contributed by atoms with E-state index in [2.05, 4.69) is 10.3 Å². The lowest BCUT2D eigenvalue weighted by Gasteiger charge is -2.19. The fourth-order valence-corrected chi connectivity index (χ4v) is 3.48. The van der Waals surface area contributed by atoms with Crippen LogP contribution in [0.1, 0.15) is 11.1 Å². The molecule has 0 bridgehead atoms. The third-order valence-corrected chi connectivity index (χ3v) is 5.06. The molecule has 0 fully saturated rings. The fourth-order valence-electron chi connectivity index (χ4n) is 3.26. The maximum Gasteiger partial charge on any atom is 0.348 e. The van der Waals surface area contributed by atoms with Crippen LogP contribution in [0.25, 0.3) is 0 Å². The van der Waals surface area contributed by atoms with Gasteiger partial charge in [0.05, 0.1) is 6.20 Å². The highest BCUT2D eigenvalue weighted by Crippen LogP contribution is 2.19. The number of nitrogens with one attached hydrogen (secondary N) is 1. The van der Waals surface area contributed by atoms with Crippen LogP contribution >= 0.6 is 11.6 Å². The number of amidine groups is 1. The minimum atomic E-state index is -0.411. The summed E-state index contributed by atoms with van der Waals surface area (Å²) >= 11 is 6.02. The maximum absolute atomic E-state index is 12.5. The van der Waals surface area contributed by atoms with Crippen molar-refractivity contribution in [3.63, 3.8) is 0 Å². The molecule has 2 aliphatic rings. The van der Waals surface area contributed by atoms with E-state index >= 15 is 0 Å². The lowest BCUT2D eigenvalue weighted by Crippen LogP contribution is -2.32. The zero-order valence-electron chi connectivity index (χ0n) is 16.3. The fraction of sp³-hybridized carbons (Fsp3) is 0.227. The quantitative estimate of drug-likeness (QED) is 0.773. The molecule has 0 spiro atoms. The van der Waals surface area contributed by atoms with Crippen molar-refractivity contribution < 1.29 is 14.3 Å². The zero-order chi connectivity index (χ0) is 20.9. The van der Waals surface area contributed by atoms with Gasteiger partial charge in [0.15, 0.2) is 0 Å². The number of ether oxygens (including phenoxy) is 1. The molecule has 3 amide bonds. The third kappa shape index (κ3) is 4.80. The molecule has 154 valence electrons. The first-order chi connectivity index (χ1) is 14.6. The van der Waals surface area contributed by atoms with Crippen LogP contribution < -0.4 is 5.32 Å². The first kappa shape index (κ1) is 20.0. The van der Waals surface area contributed by atoms with Crippen molar-refractivity contribution in [3.8, 4) is 0 Å². The summed E-state index contributed by atoms with van der Waals surface area (Å²) in [5, 5.41) is 3.46. The highest BCUT2D eigenvalue weighted by molar-refractivity contribution is 6.30. The monoisotopic (exact) mass is 424 g/mol. The van der Waals surface area contributed by atoms with E-state index in [1.54, 1.807) is 22.1 Å². The largest absolute Gasteiger partial charge is 0.418 e. The summed E-state index contributed by atoms with van der Waals surface area (Å²) in [7, 11) is 0. The number of amides is 3. The van der Waals surface area contributed by atoms with E-state index in [0.29, 0.717) is 31.2 Å². The lowest BCUT2D eigenvalue weighted by molar-refractivity contribution is -0.119. The van der Waals surface area contributed by atoms with E-state index in [4.69, 9.17) is 16.3 Å². The van der Waals surface area contributed by atoms with Crippen LogP contribution in [0.2, 0.25) is 5.02 Å². The summed E-state index contributed by atoms with van der Waals surface area (Å²) in [6.45, 7) is 1.82. The van der Waals surface area contributed by atoms with Crippen LogP contribution in [0.3, 0.4) is 0 Å². The van der Waals surface area contributed by atoms with Gasteiger partial charge in [0.25, 0.3) is 5.91 Å². The Kier molecular flexibility index (Phi) is 5.99. The van der Waals surface area contributed by atoms with Crippen LogP contribution in [0.15, 0.2) is 71.5 Å². The first-order valence-corrected chi connectivity index (χ1v) is 10.1. The summed E-state index contributed by atoms with van der Waals surface area (Å²) < 4.78 is 5.55. The lowest BCUT2D eigenvalue weighted by atomic mass is 10.1. The molecule has 0 saturated heterocycles. The molecule has 2 aromatic rings. The number of fused-ring (bicyclic) bond motifs is 1. The van der Waals surface area contributed by atoms with E-state index in [1.165, 1.54) is 0 Å². The molecular formula is C22H21ClN4O3. The highest BCUT2D eigenvalue weighted by atomic mass is 35.5. The molecule has 0 unspecified atom stereocenters. The van der Waals surface area contributed by atoms with Gasteiger partial charge in [0.1, 0.15) is 0 Å². The first-order valence-electron chi connectivity index (χ1n) is 9.69. The molecule has 2 aromatic carbocycles. The highest BCUT2D eigenvalue weighted by Gasteiger charge is 2.31. The SMILES string of the molecule is O=C(NCCc1ccccc1)C1=CN2CCN(Cc3cccc(Cl)c3)C(=O)N=C2O1. The van der Waals surface area contributed by atoms with Crippen molar-refractivity contribution in [3.05, 3.63) is 82.7 Å². The minimum Gasteiger partial charge on any atom is -0.418 e. The topological polar surface area (TPSA) is 74.2 Å². The molecule has 0 saturated carbocycles. The number of hydrogen-bond donors (Lipinski definition) is 1. The van der Waals surface area contributed by atoms with Crippen LogP contribution in [-0.2, 0) is 22.5 Å². The van der Waals surface area contributed by atoms with Crippen molar-refractivity contribution in [1.29, 1.82) is 0 Å². The van der Waals surface area contributed by atoms with Gasteiger partial charge in [0.2, 0.25) is 5.76 Å². The molecule has 1 N–H and O–H groups in total. The van der Waals surface area contributed by atoms with E-state index in [1.807, 2.05) is 48.5 Å². The number of nitrogens with zero attached hydrogens (tertiary/aromatic N) is 3. The van der Waals surface area contributed by atoms with Gasteiger partial charge in [-0.15, -0.1) is 4.99 Å². The van der Waals surface area contributed by atoms with E-state index in [-0.39, 0.29) is 17.7 Å². The van der Waals surface area contributed by atoms with Crippen LogP contribution in [0, 0.1) is 0 Å². The van der Waals surface area contributed by atoms with E-state index < -0.39 is 6.03 Å². The second-order valence-electron chi connectivity index (χ2n) is 7.01. The Labute approximate surface area is 179 Å². The Bertz CT molecular complexity index is 1010. The third-order valence-electron chi connectivity index (χ3n) is 4.82. The standard InChI is InChI=1S/C22H21ClN4O3/c23-18-8-4-7-17(13-18)14-26-11-12-27-15-19(30-22(27)25-21(26)29)20(28)24-10-9-16-5-2-1-3-6-16/h1-8,13,15H,9-12,14H2,(H,24,28). The summed E-state index contributed by atoms with van der Waals surface area (Å²) in [4.78, 5) is 32.3. The van der Waals surface area contributed by atoms with Crippen molar-refractivity contribution >= 4 is 29.6 Å². The van der Waals surface area contributed by atoms with Crippen molar-refractivity contribution in [2.75, 3.05) is 19.6 Å². The predicted octanol–water partition coefficient (Wildman–Crippen LogP) is 3.16. The number of urea groups is 1. The molecule has 7 nitrogen and oxygen atoms in total. The smallest absolute Gasteiger partial charge is 0.348 e. The van der Waals surface area contributed by atoms with E-state index in [9.17, 15) is 9.59 Å². The predicted molar refractivity (Wildman–Crippen MR) is 114 cm³/mol. The van der Waals surface area contributed by atoms with Gasteiger partial charge >= 0.3 is 12.1 Å². The van der Waals surface area contributed by atoms with Gasteiger partial charge in [-0.1, -0.05) is 54.1 Å². The number of rotatable bonds is 6. The Morgan fingerprint density at radius 3 is 2.70 bits per heavy atom. The molecule has 8 heteroatoms. The molecule has 2 aliphatic heterocycles. The van der Waals surface area contributed by atoms with Gasteiger partial charge in [0, 0.05) is 31.2 Å². The normalized spacial score (nSPS) is 15.7. The summed E-state index contributed by atoms with van der Waals surface area (Å²) in [5.74, 6) is -0.192. The van der Waals surface area contributed by atoms with Gasteiger partial charge in [-0.3, -0.25) is 9.69 Å².